The fourth-order valence-electron chi connectivity index (χ4n) is 7.12. The number of carbonyl (C=O) groups excluding carboxylic acids is 3. The Balaban J connectivity index is 4.34. The van der Waals surface area contributed by atoms with E-state index in [0.29, 0.717) is 23.9 Å². The second-order valence-electron chi connectivity index (χ2n) is 18.1. The van der Waals surface area contributed by atoms with E-state index in [2.05, 4.69) is 26.0 Å². The molecule has 0 radical (unpaired) electrons. The average Bonchev–Trinajstić information content (AvgIpc) is 3.19. The molecular formula is C50H95NO8. The molecule has 0 aromatic heterocycles. The van der Waals surface area contributed by atoms with Crippen molar-refractivity contribution < 1.29 is 42.9 Å². The molecule has 0 spiro atoms. The van der Waals surface area contributed by atoms with Crippen LogP contribution in [0.1, 0.15) is 232 Å². The third kappa shape index (κ3) is 43.9. The molecule has 0 saturated heterocycles. The number of esters is 2. The SMILES string of the molecule is CCCCCCCC/C=C\CCCCCCCCCCCC(=O)OC(COC(=O)CCCCCCCCCCCCCCCCC)COC(OCC[N+](C)(C)C)C(=O)[O-]. The Labute approximate surface area is 364 Å². The Morgan fingerprint density at radius 2 is 0.864 bits per heavy atom. The van der Waals surface area contributed by atoms with E-state index >= 15 is 0 Å². The van der Waals surface area contributed by atoms with Gasteiger partial charge in [0.15, 0.2) is 12.4 Å². The predicted molar refractivity (Wildman–Crippen MR) is 242 cm³/mol. The third-order valence-corrected chi connectivity index (χ3v) is 11.0. The summed E-state index contributed by atoms with van der Waals surface area (Å²) >= 11 is 0. The number of carboxylic acids is 1. The van der Waals surface area contributed by atoms with Crippen molar-refractivity contribution in [1.82, 2.24) is 0 Å². The van der Waals surface area contributed by atoms with E-state index in [4.69, 9.17) is 18.9 Å². The van der Waals surface area contributed by atoms with E-state index in [1.165, 1.54) is 161 Å². The van der Waals surface area contributed by atoms with Gasteiger partial charge in [-0.25, -0.2) is 0 Å². The summed E-state index contributed by atoms with van der Waals surface area (Å²) in [6.07, 6.45) is 42.4. The fourth-order valence-corrected chi connectivity index (χ4v) is 7.12. The average molecular weight is 838 g/mol. The number of nitrogens with zero attached hydrogens (tertiary/aromatic N) is 1. The minimum atomic E-state index is -1.62. The lowest BCUT2D eigenvalue weighted by Crippen LogP contribution is -2.44. The molecule has 0 aliphatic rings. The van der Waals surface area contributed by atoms with E-state index in [1.54, 1.807) is 0 Å². The van der Waals surface area contributed by atoms with Crippen molar-refractivity contribution in [2.75, 3.05) is 47.5 Å². The van der Waals surface area contributed by atoms with E-state index in [-0.39, 0.29) is 32.2 Å². The van der Waals surface area contributed by atoms with Crippen LogP contribution in [0.2, 0.25) is 0 Å². The van der Waals surface area contributed by atoms with Crippen LogP contribution in [0.3, 0.4) is 0 Å². The molecule has 348 valence electrons. The van der Waals surface area contributed by atoms with Gasteiger partial charge in [-0.2, -0.15) is 0 Å². The molecule has 0 saturated carbocycles. The van der Waals surface area contributed by atoms with E-state index < -0.39 is 24.3 Å². The summed E-state index contributed by atoms with van der Waals surface area (Å²) in [5.74, 6) is -2.27. The highest BCUT2D eigenvalue weighted by molar-refractivity contribution is 5.70. The van der Waals surface area contributed by atoms with Gasteiger partial charge in [-0.15, -0.1) is 0 Å². The molecule has 0 aromatic carbocycles. The van der Waals surface area contributed by atoms with Crippen molar-refractivity contribution in [2.45, 2.75) is 245 Å². The standard InChI is InChI=1S/C50H95NO8/c1-6-8-10-12-14-16-18-20-22-23-24-25-27-29-31-33-35-37-39-41-48(53)59-46(45-58-50(49(54)55)56-43-42-51(3,4)5)44-57-47(52)40-38-36-34-32-30-28-26-21-19-17-15-13-11-9-7-2/h20,22,46,50H,6-19,21,23-45H2,1-5H3/b22-20-. The number of aliphatic carboxylic acids is 1. The van der Waals surface area contributed by atoms with Gasteiger partial charge in [0.1, 0.15) is 13.2 Å². The second kappa shape index (κ2) is 42.7. The monoisotopic (exact) mass is 838 g/mol. The smallest absolute Gasteiger partial charge is 0.306 e. The summed E-state index contributed by atoms with van der Waals surface area (Å²) in [5, 5.41) is 11.7. The molecule has 0 heterocycles. The summed E-state index contributed by atoms with van der Waals surface area (Å²) in [6, 6.07) is 0. The van der Waals surface area contributed by atoms with E-state index in [1.807, 2.05) is 21.1 Å². The molecule has 9 nitrogen and oxygen atoms in total. The molecule has 2 unspecified atom stereocenters. The van der Waals surface area contributed by atoms with E-state index in [0.717, 1.165) is 38.5 Å². The van der Waals surface area contributed by atoms with Gasteiger partial charge >= 0.3 is 11.9 Å². The number of allylic oxidation sites excluding steroid dienone is 2. The summed E-state index contributed by atoms with van der Waals surface area (Å²) in [5.41, 5.74) is 0. The zero-order valence-electron chi connectivity index (χ0n) is 39.4. The fraction of sp³-hybridized carbons (Fsp3) is 0.900. The van der Waals surface area contributed by atoms with Gasteiger partial charge < -0.3 is 33.3 Å². The van der Waals surface area contributed by atoms with Crippen LogP contribution < -0.4 is 5.11 Å². The van der Waals surface area contributed by atoms with Crippen LogP contribution >= 0.6 is 0 Å². The molecule has 0 bridgehead atoms. The summed E-state index contributed by atoms with van der Waals surface area (Å²) in [4.78, 5) is 37.1. The van der Waals surface area contributed by atoms with E-state index in [9.17, 15) is 19.5 Å². The van der Waals surface area contributed by atoms with Crippen LogP contribution in [0.25, 0.3) is 0 Å². The van der Waals surface area contributed by atoms with Crippen molar-refractivity contribution in [1.29, 1.82) is 0 Å². The predicted octanol–water partition coefficient (Wildman–Crippen LogP) is 12.1. The molecule has 0 aliphatic carbocycles. The van der Waals surface area contributed by atoms with Gasteiger partial charge in [0, 0.05) is 12.8 Å². The molecule has 0 fully saturated rings. The largest absolute Gasteiger partial charge is 0.545 e. The Morgan fingerprint density at radius 1 is 0.492 bits per heavy atom. The quantitative estimate of drug-likeness (QED) is 0.0196. The maximum atomic E-state index is 12.8. The van der Waals surface area contributed by atoms with Gasteiger partial charge in [-0.05, 0) is 38.5 Å². The van der Waals surface area contributed by atoms with Gasteiger partial charge in [-0.3, -0.25) is 9.59 Å². The first-order valence-corrected chi connectivity index (χ1v) is 24.8. The lowest BCUT2D eigenvalue weighted by molar-refractivity contribution is -0.870. The molecule has 2 atom stereocenters. The molecule has 0 aromatic rings. The van der Waals surface area contributed by atoms with Crippen molar-refractivity contribution in [3.63, 3.8) is 0 Å². The minimum Gasteiger partial charge on any atom is -0.545 e. The highest BCUT2D eigenvalue weighted by Crippen LogP contribution is 2.16. The van der Waals surface area contributed by atoms with Crippen LogP contribution in [-0.2, 0) is 33.3 Å². The lowest BCUT2D eigenvalue weighted by atomic mass is 10.0. The number of carbonyl (C=O) groups is 3. The Bertz CT molecular complexity index is 980. The summed E-state index contributed by atoms with van der Waals surface area (Å²) in [7, 11) is 5.92. The highest BCUT2D eigenvalue weighted by atomic mass is 16.7. The van der Waals surface area contributed by atoms with Crippen LogP contribution in [0.15, 0.2) is 12.2 Å². The second-order valence-corrected chi connectivity index (χ2v) is 18.1. The van der Waals surface area contributed by atoms with Crippen LogP contribution in [0.4, 0.5) is 0 Å². The number of ether oxygens (including phenoxy) is 4. The highest BCUT2D eigenvalue weighted by Gasteiger charge is 2.22. The van der Waals surface area contributed by atoms with Crippen molar-refractivity contribution in [2.24, 2.45) is 0 Å². The zero-order chi connectivity index (χ0) is 43.5. The summed E-state index contributed by atoms with van der Waals surface area (Å²) < 4.78 is 22.6. The number of unbranched alkanes of at least 4 members (excludes halogenated alkanes) is 29. The lowest BCUT2D eigenvalue weighted by Gasteiger charge is -2.26. The number of quaternary nitrogens is 1. The van der Waals surface area contributed by atoms with Crippen molar-refractivity contribution >= 4 is 17.9 Å². The molecule has 0 N–H and O–H groups in total. The molecule has 0 rings (SSSR count). The Morgan fingerprint density at radius 3 is 1.25 bits per heavy atom. The number of rotatable bonds is 46. The minimum absolute atomic E-state index is 0.151. The normalized spacial score (nSPS) is 12.9. The van der Waals surface area contributed by atoms with Crippen LogP contribution in [-0.4, -0.2) is 82.3 Å². The number of hydrogen-bond acceptors (Lipinski definition) is 8. The zero-order valence-corrected chi connectivity index (χ0v) is 39.4. The van der Waals surface area contributed by atoms with Crippen LogP contribution in [0, 0.1) is 0 Å². The molecule has 9 heteroatoms. The Kier molecular flexibility index (Phi) is 41.3. The number of carboxylic acid groups (broad SMARTS) is 1. The first-order chi connectivity index (χ1) is 28.6. The first-order valence-electron chi connectivity index (χ1n) is 24.8. The molecule has 0 aliphatic heterocycles. The van der Waals surface area contributed by atoms with Crippen molar-refractivity contribution in [3.8, 4) is 0 Å². The molecular weight excluding hydrogens is 743 g/mol. The maximum Gasteiger partial charge on any atom is 0.306 e. The molecule has 0 amide bonds. The maximum absolute atomic E-state index is 12.8. The first kappa shape index (κ1) is 57.0. The third-order valence-electron chi connectivity index (χ3n) is 11.0. The van der Waals surface area contributed by atoms with Gasteiger partial charge in [0.05, 0.1) is 40.3 Å². The number of hydrogen-bond donors (Lipinski definition) is 0. The topological polar surface area (TPSA) is 111 Å². The Hall–Kier alpha value is -1.97. The molecule has 59 heavy (non-hydrogen) atoms. The van der Waals surface area contributed by atoms with Gasteiger partial charge in [-0.1, -0.05) is 193 Å². The number of likely N-dealkylation sites (N-methyl/N-ethyl adjacent to an activating group) is 1. The van der Waals surface area contributed by atoms with Crippen LogP contribution in [0.5, 0.6) is 0 Å². The van der Waals surface area contributed by atoms with Gasteiger partial charge in [0.25, 0.3) is 0 Å². The van der Waals surface area contributed by atoms with Crippen molar-refractivity contribution in [3.05, 3.63) is 12.2 Å². The summed E-state index contributed by atoms with van der Waals surface area (Å²) in [6.45, 7) is 4.77. The van der Waals surface area contributed by atoms with Gasteiger partial charge in [0.2, 0.25) is 0 Å².